The minimum atomic E-state index is -4.38. The van der Waals surface area contributed by atoms with E-state index in [2.05, 4.69) is 10.3 Å². The summed E-state index contributed by atoms with van der Waals surface area (Å²) in [6.45, 7) is 1.80. The first kappa shape index (κ1) is 21.5. The zero-order chi connectivity index (χ0) is 22.3. The predicted molar refractivity (Wildman–Crippen MR) is 106 cm³/mol. The highest BCUT2D eigenvalue weighted by atomic mass is 19.4. The summed E-state index contributed by atoms with van der Waals surface area (Å²) in [6.07, 6.45) is 0.0243. The summed E-state index contributed by atoms with van der Waals surface area (Å²) in [7, 11) is 0. The molecule has 1 fully saturated rings. The Morgan fingerprint density at radius 3 is 2.52 bits per heavy atom. The second-order valence-corrected chi connectivity index (χ2v) is 8.05. The lowest BCUT2D eigenvalue weighted by atomic mass is 9.88. The van der Waals surface area contributed by atoms with Crippen molar-refractivity contribution in [3.05, 3.63) is 64.5 Å². The number of nitrogens with zero attached hydrogens (tertiary/aromatic N) is 1. The Bertz CT molecular complexity index is 1040. The molecular formula is C23H21F5N2O. The number of halogens is 5. The van der Waals surface area contributed by atoms with Crippen molar-refractivity contribution in [1.29, 1.82) is 0 Å². The molecule has 2 aromatic rings. The molecule has 0 spiro atoms. The number of hydrogen-bond acceptors (Lipinski definition) is 2. The number of benzene rings is 1. The monoisotopic (exact) mass is 436 g/mol. The summed E-state index contributed by atoms with van der Waals surface area (Å²) < 4.78 is 68.8. The molecule has 1 heterocycles. The molecule has 164 valence electrons. The van der Waals surface area contributed by atoms with Gasteiger partial charge in [0.25, 0.3) is 5.91 Å². The second kappa shape index (κ2) is 8.05. The van der Waals surface area contributed by atoms with Crippen molar-refractivity contribution in [3.8, 4) is 0 Å². The average Bonchev–Trinajstić information content (AvgIpc) is 3.29. The number of amides is 1. The third kappa shape index (κ3) is 3.95. The Kier molecular flexibility index (Phi) is 5.58. The molecule has 2 unspecified atom stereocenters. The minimum absolute atomic E-state index is 0.0220. The molecule has 0 saturated heterocycles. The van der Waals surface area contributed by atoms with Crippen molar-refractivity contribution >= 4 is 17.2 Å². The van der Waals surface area contributed by atoms with Crippen LogP contribution < -0.4 is 5.32 Å². The van der Waals surface area contributed by atoms with Gasteiger partial charge >= 0.3 is 6.18 Å². The van der Waals surface area contributed by atoms with E-state index in [0.29, 0.717) is 28.8 Å². The van der Waals surface area contributed by atoms with Gasteiger partial charge in [0.1, 0.15) is 5.56 Å². The van der Waals surface area contributed by atoms with Crippen molar-refractivity contribution in [1.82, 2.24) is 4.98 Å². The van der Waals surface area contributed by atoms with E-state index in [4.69, 9.17) is 0 Å². The number of pyridine rings is 1. The Hall–Kier alpha value is -2.77. The number of rotatable bonds is 4. The number of aryl methyl sites for hydroxylation is 1. The van der Waals surface area contributed by atoms with Crippen LogP contribution in [0.25, 0.3) is 5.57 Å². The van der Waals surface area contributed by atoms with Gasteiger partial charge in [0.05, 0.1) is 12.4 Å². The maximum Gasteiger partial charge on any atom is 0.412 e. The van der Waals surface area contributed by atoms with E-state index in [1.807, 2.05) is 0 Å². The van der Waals surface area contributed by atoms with E-state index in [-0.39, 0.29) is 18.3 Å². The largest absolute Gasteiger partial charge is 0.412 e. The topological polar surface area (TPSA) is 42.0 Å². The van der Waals surface area contributed by atoms with E-state index in [1.54, 1.807) is 19.1 Å². The number of carbonyl (C=O) groups excluding carboxylic acids is 1. The fourth-order valence-electron chi connectivity index (χ4n) is 4.90. The first-order chi connectivity index (χ1) is 14.7. The van der Waals surface area contributed by atoms with Crippen LogP contribution in [0.4, 0.5) is 27.6 Å². The summed E-state index contributed by atoms with van der Waals surface area (Å²) in [5.74, 6) is -3.25. The highest BCUT2D eigenvalue weighted by Crippen LogP contribution is 2.55. The molecule has 0 bridgehead atoms. The number of allylic oxidation sites excluding steroid dienone is 2. The number of carbonyl (C=O) groups is 1. The van der Waals surface area contributed by atoms with Gasteiger partial charge < -0.3 is 5.32 Å². The van der Waals surface area contributed by atoms with Crippen molar-refractivity contribution < 1.29 is 26.7 Å². The molecule has 4 rings (SSSR count). The van der Waals surface area contributed by atoms with Crippen LogP contribution in [0.1, 0.15) is 54.1 Å². The maximum atomic E-state index is 13.9. The molecule has 3 nitrogen and oxygen atoms in total. The average molecular weight is 436 g/mol. The molecule has 2 aliphatic rings. The maximum absolute atomic E-state index is 13.9. The molecule has 1 N–H and O–H groups in total. The molecule has 1 aromatic carbocycles. The van der Waals surface area contributed by atoms with Gasteiger partial charge in [-0.1, -0.05) is 19.4 Å². The van der Waals surface area contributed by atoms with Gasteiger partial charge in [0.15, 0.2) is 11.6 Å². The molecule has 8 heteroatoms. The van der Waals surface area contributed by atoms with Crippen LogP contribution in [-0.2, 0) is 6.42 Å². The first-order valence-electron chi connectivity index (χ1n) is 10.2. The summed E-state index contributed by atoms with van der Waals surface area (Å²) in [5, 5.41) is 2.48. The van der Waals surface area contributed by atoms with Crippen molar-refractivity contribution in [3.63, 3.8) is 0 Å². The molecular weight excluding hydrogens is 415 g/mol. The predicted octanol–water partition coefficient (Wildman–Crippen LogP) is 6.31. The molecule has 0 radical (unpaired) electrons. The van der Waals surface area contributed by atoms with E-state index in [9.17, 15) is 26.7 Å². The van der Waals surface area contributed by atoms with Crippen LogP contribution >= 0.6 is 0 Å². The van der Waals surface area contributed by atoms with E-state index < -0.39 is 34.9 Å². The number of hydrogen-bond donors (Lipinski definition) is 1. The fourth-order valence-corrected chi connectivity index (χ4v) is 4.90. The zero-order valence-electron chi connectivity index (χ0n) is 16.8. The van der Waals surface area contributed by atoms with Gasteiger partial charge in [-0.3, -0.25) is 9.78 Å². The molecule has 1 aromatic heterocycles. The minimum Gasteiger partial charge on any atom is -0.322 e. The van der Waals surface area contributed by atoms with Gasteiger partial charge in [0.2, 0.25) is 0 Å². The van der Waals surface area contributed by atoms with Crippen molar-refractivity contribution in [2.45, 2.75) is 45.2 Å². The summed E-state index contributed by atoms with van der Waals surface area (Å²) in [5.41, 5.74) is 0.541. The van der Waals surface area contributed by atoms with Crippen LogP contribution in [0.5, 0.6) is 0 Å². The lowest BCUT2D eigenvalue weighted by Gasteiger charge is -2.19. The van der Waals surface area contributed by atoms with Gasteiger partial charge in [-0.25, -0.2) is 8.78 Å². The van der Waals surface area contributed by atoms with E-state index in [1.165, 1.54) is 6.07 Å². The Balaban J connectivity index is 1.69. The molecule has 1 amide bonds. The molecule has 1 saturated carbocycles. The van der Waals surface area contributed by atoms with Gasteiger partial charge in [0, 0.05) is 11.3 Å². The van der Waals surface area contributed by atoms with Crippen molar-refractivity contribution in [2.75, 3.05) is 5.32 Å². The SMILES string of the molecule is CCc1cc(C2=C(C(F)(F)F)CC3CCCC23)ccc1NC(=O)c1c(F)cncc1F. The number of anilines is 1. The third-order valence-corrected chi connectivity index (χ3v) is 6.29. The molecule has 2 aliphatic carbocycles. The summed E-state index contributed by atoms with van der Waals surface area (Å²) in [4.78, 5) is 15.8. The lowest BCUT2D eigenvalue weighted by Crippen LogP contribution is -2.17. The van der Waals surface area contributed by atoms with Gasteiger partial charge in [-0.05, 0) is 66.4 Å². The Morgan fingerprint density at radius 2 is 1.87 bits per heavy atom. The van der Waals surface area contributed by atoms with Crippen LogP contribution in [0.3, 0.4) is 0 Å². The number of fused-ring (bicyclic) bond motifs is 1. The molecule has 31 heavy (non-hydrogen) atoms. The van der Waals surface area contributed by atoms with Gasteiger partial charge in [-0.15, -0.1) is 0 Å². The third-order valence-electron chi connectivity index (χ3n) is 6.29. The highest BCUT2D eigenvalue weighted by Gasteiger charge is 2.47. The quantitative estimate of drug-likeness (QED) is 0.571. The van der Waals surface area contributed by atoms with E-state index >= 15 is 0 Å². The van der Waals surface area contributed by atoms with Crippen LogP contribution in [-0.4, -0.2) is 17.1 Å². The first-order valence-corrected chi connectivity index (χ1v) is 10.2. The lowest BCUT2D eigenvalue weighted by molar-refractivity contribution is -0.0933. The number of nitrogens with one attached hydrogen (secondary N) is 1. The van der Waals surface area contributed by atoms with Crippen LogP contribution in [0.15, 0.2) is 36.2 Å². The standard InChI is InChI=1S/C23H21F5N2O/c1-2-12-8-14(20-15-5-3-4-13(15)9-16(20)23(26,27)28)6-7-19(12)30-22(31)21-17(24)10-29-11-18(21)25/h6-8,10-11,13,15H,2-5,9H2,1H3,(H,30,31). The fraction of sp³-hybridized carbons (Fsp3) is 0.391. The number of alkyl halides is 3. The summed E-state index contributed by atoms with van der Waals surface area (Å²) >= 11 is 0. The number of aromatic nitrogens is 1. The molecule has 2 atom stereocenters. The molecule has 0 aliphatic heterocycles. The Morgan fingerprint density at radius 1 is 1.16 bits per heavy atom. The second-order valence-electron chi connectivity index (χ2n) is 8.05. The Labute approximate surface area is 176 Å². The highest BCUT2D eigenvalue weighted by molar-refractivity contribution is 6.05. The van der Waals surface area contributed by atoms with Crippen molar-refractivity contribution in [2.24, 2.45) is 11.8 Å². The van der Waals surface area contributed by atoms with Gasteiger partial charge in [-0.2, -0.15) is 13.2 Å². The van der Waals surface area contributed by atoms with E-state index in [0.717, 1.165) is 31.7 Å². The zero-order valence-corrected chi connectivity index (χ0v) is 16.8. The normalized spacial score (nSPS) is 20.8. The van der Waals surface area contributed by atoms with Crippen LogP contribution in [0, 0.1) is 23.5 Å². The smallest absolute Gasteiger partial charge is 0.322 e. The van der Waals surface area contributed by atoms with Crippen LogP contribution in [0.2, 0.25) is 0 Å². The summed E-state index contributed by atoms with van der Waals surface area (Å²) in [6, 6.07) is 4.71.